The van der Waals surface area contributed by atoms with Crippen LogP contribution >= 0.6 is 0 Å². The molecule has 1 heterocycles. The van der Waals surface area contributed by atoms with Crippen LogP contribution < -0.4 is 10.6 Å². The Morgan fingerprint density at radius 3 is 2.64 bits per heavy atom. The Labute approximate surface area is 132 Å². The number of benzene rings is 1. The van der Waals surface area contributed by atoms with Crippen molar-refractivity contribution in [3.63, 3.8) is 0 Å². The summed E-state index contributed by atoms with van der Waals surface area (Å²) in [7, 11) is 4.16. The van der Waals surface area contributed by atoms with Crippen LogP contribution in [0.5, 0.6) is 0 Å². The van der Waals surface area contributed by atoms with Crippen LogP contribution in [0.1, 0.15) is 17.7 Å². The minimum atomic E-state index is 0.626. The van der Waals surface area contributed by atoms with E-state index < -0.39 is 0 Å². The predicted octanol–water partition coefficient (Wildman–Crippen LogP) is 3.20. The first-order valence-electron chi connectivity index (χ1n) is 7.61. The lowest BCUT2D eigenvalue weighted by molar-refractivity contribution is 0.405. The number of nitrogens with zero attached hydrogens (tertiary/aromatic N) is 3. The van der Waals surface area contributed by atoms with Gasteiger partial charge in [0, 0.05) is 24.0 Å². The van der Waals surface area contributed by atoms with Gasteiger partial charge >= 0.3 is 0 Å². The molecule has 0 fully saturated rings. The van der Waals surface area contributed by atoms with Crippen LogP contribution in [0.15, 0.2) is 30.3 Å². The Morgan fingerprint density at radius 2 is 1.91 bits per heavy atom. The minimum Gasteiger partial charge on any atom is -0.370 e. The lowest BCUT2D eigenvalue weighted by Crippen LogP contribution is -2.16. The van der Waals surface area contributed by atoms with Crippen molar-refractivity contribution in [1.82, 2.24) is 14.9 Å². The fourth-order valence-electron chi connectivity index (χ4n) is 2.18. The zero-order chi connectivity index (χ0) is 15.9. The van der Waals surface area contributed by atoms with Crippen LogP contribution in [-0.2, 0) is 0 Å². The molecule has 0 saturated carbocycles. The smallest absolute Gasteiger partial charge is 0.229 e. The van der Waals surface area contributed by atoms with E-state index in [2.05, 4.69) is 58.7 Å². The Hall–Kier alpha value is -2.14. The maximum atomic E-state index is 4.53. The number of nitrogens with one attached hydrogen (secondary N) is 2. The molecule has 0 aliphatic carbocycles. The zero-order valence-corrected chi connectivity index (χ0v) is 13.8. The Kier molecular flexibility index (Phi) is 5.72. The van der Waals surface area contributed by atoms with Gasteiger partial charge in [0.05, 0.1) is 0 Å². The first kappa shape index (κ1) is 16.2. The van der Waals surface area contributed by atoms with Gasteiger partial charge in [-0.25, -0.2) is 4.98 Å². The van der Waals surface area contributed by atoms with Gasteiger partial charge in [-0.2, -0.15) is 4.98 Å². The zero-order valence-electron chi connectivity index (χ0n) is 13.8. The van der Waals surface area contributed by atoms with Gasteiger partial charge in [0.15, 0.2) is 0 Å². The minimum absolute atomic E-state index is 0.626. The van der Waals surface area contributed by atoms with Gasteiger partial charge in [-0.1, -0.05) is 12.1 Å². The highest BCUT2D eigenvalue weighted by atomic mass is 15.1. The van der Waals surface area contributed by atoms with Crippen molar-refractivity contribution in [1.29, 1.82) is 0 Å². The molecule has 0 bridgehead atoms. The van der Waals surface area contributed by atoms with Crippen molar-refractivity contribution in [3.8, 4) is 0 Å². The van der Waals surface area contributed by atoms with E-state index in [1.54, 1.807) is 0 Å². The summed E-state index contributed by atoms with van der Waals surface area (Å²) < 4.78 is 0. The fourth-order valence-corrected chi connectivity index (χ4v) is 2.18. The molecule has 0 atom stereocenters. The maximum absolute atomic E-state index is 4.53. The van der Waals surface area contributed by atoms with Crippen molar-refractivity contribution < 1.29 is 0 Å². The van der Waals surface area contributed by atoms with Gasteiger partial charge in [-0.05, 0) is 58.6 Å². The molecule has 22 heavy (non-hydrogen) atoms. The van der Waals surface area contributed by atoms with Gasteiger partial charge in [-0.15, -0.1) is 0 Å². The number of rotatable bonds is 7. The molecule has 2 rings (SSSR count). The monoisotopic (exact) mass is 299 g/mol. The molecule has 0 spiro atoms. The van der Waals surface area contributed by atoms with Crippen molar-refractivity contribution in [2.75, 3.05) is 37.8 Å². The largest absolute Gasteiger partial charge is 0.370 e. The first-order chi connectivity index (χ1) is 10.5. The van der Waals surface area contributed by atoms with Gasteiger partial charge < -0.3 is 15.5 Å². The van der Waals surface area contributed by atoms with Crippen LogP contribution in [0.2, 0.25) is 0 Å². The third-order valence-corrected chi connectivity index (χ3v) is 3.22. The highest BCUT2D eigenvalue weighted by molar-refractivity contribution is 5.56. The number of aryl methyl sites for hydroxylation is 2. The third kappa shape index (κ3) is 5.33. The SMILES string of the molecule is Cc1cccc(Nc2nc(C)cc(NCCCN(C)C)n2)c1. The average molecular weight is 299 g/mol. The standard InChI is InChI=1S/C17H25N5/c1-13-7-5-8-15(11-13)20-17-19-14(2)12-16(21-17)18-9-6-10-22(3)4/h5,7-8,11-12H,6,9-10H2,1-4H3,(H2,18,19,20,21). The van der Waals surface area contributed by atoms with E-state index in [4.69, 9.17) is 0 Å². The van der Waals surface area contributed by atoms with E-state index in [-0.39, 0.29) is 0 Å². The van der Waals surface area contributed by atoms with Crippen molar-refractivity contribution in [2.45, 2.75) is 20.3 Å². The number of hydrogen-bond donors (Lipinski definition) is 2. The highest BCUT2D eigenvalue weighted by Gasteiger charge is 2.03. The van der Waals surface area contributed by atoms with E-state index >= 15 is 0 Å². The number of anilines is 3. The second-order valence-corrected chi connectivity index (χ2v) is 5.80. The molecule has 1 aromatic carbocycles. The van der Waals surface area contributed by atoms with Crippen molar-refractivity contribution in [3.05, 3.63) is 41.6 Å². The Bertz CT molecular complexity index is 610. The number of aromatic nitrogens is 2. The van der Waals surface area contributed by atoms with Crippen LogP contribution in [0.3, 0.4) is 0 Å². The summed E-state index contributed by atoms with van der Waals surface area (Å²) >= 11 is 0. The Balaban J connectivity index is 2.00. The third-order valence-electron chi connectivity index (χ3n) is 3.22. The maximum Gasteiger partial charge on any atom is 0.229 e. The fraction of sp³-hybridized carbons (Fsp3) is 0.412. The van der Waals surface area contributed by atoms with Crippen LogP contribution in [0.25, 0.3) is 0 Å². The molecular formula is C17H25N5. The lowest BCUT2D eigenvalue weighted by atomic mass is 10.2. The quantitative estimate of drug-likeness (QED) is 0.769. The number of hydrogen-bond acceptors (Lipinski definition) is 5. The van der Waals surface area contributed by atoms with E-state index in [1.165, 1.54) is 5.56 Å². The summed E-state index contributed by atoms with van der Waals surface area (Å²) in [5.41, 5.74) is 3.16. The molecule has 2 aromatic rings. The van der Waals surface area contributed by atoms with E-state index in [0.29, 0.717) is 5.95 Å². The van der Waals surface area contributed by atoms with E-state index in [0.717, 1.165) is 36.7 Å². The molecule has 5 nitrogen and oxygen atoms in total. The van der Waals surface area contributed by atoms with Crippen LogP contribution in [-0.4, -0.2) is 42.1 Å². The Morgan fingerprint density at radius 1 is 1.09 bits per heavy atom. The molecule has 0 amide bonds. The molecule has 118 valence electrons. The van der Waals surface area contributed by atoms with Crippen LogP contribution in [0, 0.1) is 13.8 Å². The van der Waals surface area contributed by atoms with Gasteiger partial charge in [0.2, 0.25) is 5.95 Å². The summed E-state index contributed by atoms with van der Waals surface area (Å²) in [6.07, 6.45) is 1.08. The van der Waals surface area contributed by atoms with E-state index in [9.17, 15) is 0 Å². The summed E-state index contributed by atoms with van der Waals surface area (Å²) in [6, 6.07) is 10.2. The lowest BCUT2D eigenvalue weighted by Gasteiger charge is -2.12. The predicted molar refractivity (Wildman–Crippen MR) is 92.9 cm³/mol. The second kappa shape index (κ2) is 7.75. The molecular weight excluding hydrogens is 274 g/mol. The van der Waals surface area contributed by atoms with E-state index in [1.807, 2.05) is 25.1 Å². The molecule has 1 aromatic heterocycles. The normalized spacial score (nSPS) is 10.8. The second-order valence-electron chi connectivity index (χ2n) is 5.80. The first-order valence-corrected chi connectivity index (χ1v) is 7.61. The molecule has 0 radical (unpaired) electrons. The van der Waals surface area contributed by atoms with Crippen LogP contribution in [0.4, 0.5) is 17.5 Å². The molecule has 2 N–H and O–H groups in total. The van der Waals surface area contributed by atoms with Gasteiger partial charge in [0.1, 0.15) is 5.82 Å². The molecule has 0 aliphatic heterocycles. The van der Waals surface area contributed by atoms with Crippen molar-refractivity contribution in [2.24, 2.45) is 0 Å². The summed E-state index contributed by atoms with van der Waals surface area (Å²) in [4.78, 5) is 11.2. The summed E-state index contributed by atoms with van der Waals surface area (Å²) in [5.74, 6) is 1.49. The van der Waals surface area contributed by atoms with Gasteiger partial charge in [-0.3, -0.25) is 0 Å². The van der Waals surface area contributed by atoms with Gasteiger partial charge in [0.25, 0.3) is 0 Å². The van der Waals surface area contributed by atoms with Crippen molar-refractivity contribution >= 4 is 17.5 Å². The molecule has 0 aliphatic rings. The molecule has 5 heteroatoms. The summed E-state index contributed by atoms with van der Waals surface area (Å²) in [6.45, 7) is 6.01. The highest BCUT2D eigenvalue weighted by Crippen LogP contribution is 2.16. The molecule has 0 unspecified atom stereocenters. The topological polar surface area (TPSA) is 53.1 Å². The average Bonchev–Trinajstić information content (AvgIpc) is 2.43. The summed E-state index contributed by atoms with van der Waals surface area (Å²) in [5, 5.41) is 6.62. The molecule has 0 saturated heterocycles.